The van der Waals surface area contributed by atoms with E-state index in [4.69, 9.17) is 10.5 Å². The number of ether oxygens (including phenoxy) is 1. The van der Waals surface area contributed by atoms with E-state index in [0.717, 1.165) is 5.56 Å². The zero-order valence-electron chi connectivity index (χ0n) is 16.6. The summed E-state index contributed by atoms with van der Waals surface area (Å²) >= 11 is 0. The van der Waals surface area contributed by atoms with Crippen LogP contribution in [0.1, 0.15) is 29.8 Å². The number of nitrogens with two attached hydrogens (primary N) is 1. The van der Waals surface area contributed by atoms with Crippen LogP contribution in [-0.4, -0.2) is 41.9 Å². The average Bonchev–Trinajstić information content (AvgIpc) is 3.36. The van der Waals surface area contributed by atoms with Gasteiger partial charge in [-0.3, -0.25) is 4.57 Å². The lowest BCUT2D eigenvalue weighted by molar-refractivity contribution is 0.0459. The van der Waals surface area contributed by atoms with Crippen LogP contribution < -0.4 is 11.4 Å². The highest BCUT2D eigenvalue weighted by Crippen LogP contribution is 2.17. The van der Waals surface area contributed by atoms with Crippen LogP contribution in [0.15, 0.2) is 47.5 Å². The molecule has 4 aromatic rings. The van der Waals surface area contributed by atoms with Gasteiger partial charge in [0, 0.05) is 12.4 Å². The Kier molecular flexibility index (Phi) is 5.05. The largest absolute Gasteiger partial charge is 0.462 e. The highest BCUT2D eigenvalue weighted by Gasteiger charge is 2.16. The summed E-state index contributed by atoms with van der Waals surface area (Å²) in [6.45, 7) is 4.48. The predicted octanol–water partition coefficient (Wildman–Crippen LogP) is 1.75. The molecular formula is C20H21N7O3. The Morgan fingerprint density at radius 1 is 1.27 bits per heavy atom. The van der Waals surface area contributed by atoms with Gasteiger partial charge in [0.1, 0.15) is 5.52 Å². The number of carbonyl (C=O) groups is 1. The topological polar surface area (TPSA) is 134 Å². The molecule has 0 unspecified atom stereocenters. The molecule has 0 aliphatic heterocycles. The molecule has 30 heavy (non-hydrogen) atoms. The van der Waals surface area contributed by atoms with E-state index in [1.807, 2.05) is 19.9 Å². The minimum Gasteiger partial charge on any atom is -0.462 e. The summed E-state index contributed by atoms with van der Waals surface area (Å²) in [6.07, 6.45) is 3.28. The van der Waals surface area contributed by atoms with Crippen LogP contribution in [0.3, 0.4) is 0 Å². The molecule has 0 fully saturated rings. The first-order valence-corrected chi connectivity index (χ1v) is 9.44. The minimum absolute atomic E-state index is 0.146. The first kappa shape index (κ1) is 19.4. The summed E-state index contributed by atoms with van der Waals surface area (Å²) in [7, 11) is 0. The summed E-state index contributed by atoms with van der Waals surface area (Å²) in [4.78, 5) is 36.2. The molecular weight excluding hydrogens is 386 g/mol. The van der Waals surface area contributed by atoms with E-state index in [-0.39, 0.29) is 29.9 Å². The minimum atomic E-state index is -0.399. The quantitative estimate of drug-likeness (QED) is 0.465. The van der Waals surface area contributed by atoms with Gasteiger partial charge in [-0.25, -0.2) is 14.3 Å². The van der Waals surface area contributed by atoms with Crippen LogP contribution >= 0.6 is 0 Å². The van der Waals surface area contributed by atoms with Crippen LogP contribution in [0.4, 0.5) is 5.82 Å². The van der Waals surface area contributed by atoms with Crippen LogP contribution in [-0.2, 0) is 11.3 Å². The van der Waals surface area contributed by atoms with E-state index in [0.29, 0.717) is 23.3 Å². The number of anilines is 1. The van der Waals surface area contributed by atoms with Gasteiger partial charge in [0.05, 0.1) is 18.7 Å². The molecule has 0 spiro atoms. The SMILES string of the molecule is CC(C)COC(=O)c1cccc(Cn2c(=O)[nH]c3c(N)nc(-n4cccn4)nc32)c1. The number of rotatable bonds is 6. The third kappa shape index (κ3) is 3.79. The van der Waals surface area contributed by atoms with Gasteiger partial charge in [-0.2, -0.15) is 15.1 Å². The van der Waals surface area contributed by atoms with Gasteiger partial charge in [-0.1, -0.05) is 26.0 Å². The number of hydrogen-bond donors (Lipinski definition) is 2. The van der Waals surface area contributed by atoms with Crippen molar-refractivity contribution in [1.29, 1.82) is 0 Å². The normalized spacial score (nSPS) is 11.3. The number of benzene rings is 1. The van der Waals surface area contributed by atoms with Crippen molar-refractivity contribution in [2.45, 2.75) is 20.4 Å². The highest BCUT2D eigenvalue weighted by molar-refractivity contribution is 5.89. The molecule has 10 heteroatoms. The Morgan fingerprint density at radius 2 is 2.10 bits per heavy atom. The molecule has 3 N–H and O–H groups in total. The van der Waals surface area contributed by atoms with Crippen molar-refractivity contribution in [2.24, 2.45) is 5.92 Å². The molecule has 3 heterocycles. The second-order valence-corrected chi connectivity index (χ2v) is 7.27. The third-order valence-electron chi connectivity index (χ3n) is 4.40. The summed E-state index contributed by atoms with van der Waals surface area (Å²) < 4.78 is 8.19. The molecule has 10 nitrogen and oxygen atoms in total. The maximum Gasteiger partial charge on any atom is 0.338 e. The fraction of sp³-hybridized carbons (Fsp3) is 0.250. The van der Waals surface area contributed by atoms with E-state index < -0.39 is 5.97 Å². The molecule has 4 rings (SSSR count). The molecule has 0 saturated carbocycles. The van der Waals surface area contributed by atoms with Crippen LogP contribution in [0.5, 0.6) is 0 Å². The number of imidazole rings is 1. The molecule has 154 valence electrons. The highest BCUT2D eigenvalue weighted by atomic mass is 16.5. The van der Waals surface area contributed by atoms with E-state index in [9.17, 15) is 9.59 Å². The number of fused-ring (bicyclic) bond motifs is 1. The fourth-order valence-electron chi connectivity index (χ4n) is 2.98. The number of nitrogens with one attached hydrogen (secondary N) is 1. The first-order valence-electron chi connectivity index (χ1n) is 9.44. The molecule has 0 amide bonds. The summed E-state index contributed by atoms with van der Waals surface area (Å²) in [6, 6.07) is 8.69. The maximum absolute atomic E-state index is 12.6. The molecule has 3 aromatic heterocycles. The Bertz CT molecular complexity index is 1260. The number of nitrogens with zero attached hydrogens (tertiary/aromatic N) is 5. The summed E-state index contributed by atoms with van der Waals surface area (Å²) in [5.74, 6) is 0.247. The van der Waals surface area contributed by atoms with E-state index in [2.05, 4.69) is 20.1 Å². The van der Waals surface area contributed by atoms with Crippen molar-refractivity contribution in [2.75, 3.05) is 12.3 Å². The lowest BCUT2D eigenvalue weighted by atomic mass is 10.1. The van der Waals surface area contributed by atoms with Crippen molar-refractivity contribution in [3.05, 3.63) is 64.3 Å². The second-order valence-electron chi connectivity index (χ2n) is 7.27. The molecule has 0 saturated heterocycles. The van der Waals surface area contributed by atoms with Gasteiger partial charge in [0.25, 0.3) is 5.95 Å². The molecule has 1 aromatic carbocycles. The van der Waals surface area contributed by atoms with E-state index >= 15 is 0 Å². The number of esters is 1. The van der Waals surface area contributed by atoms with Gasteiger partial charge in [0.15, 0.2) is 11.5 Å². The Morgan fingerprint density at radius 3 is 2.83 bits per heavy atom. The predicted molar refractivity (Wildman–Crippen MR) is 110 cm³/mol. The lowest BCUT2D eigenvalue weighted by Gasteiger charge is -2.09. The van der Waals surface area contributed by atoms with Gasteiger partial charge in [-0.05, 0) is 29.7 Å². The van der Waals surface area contributed by atoms with Crippen LogP contribution in [0.2, 0.25) is 0 Å². The molecule has 0 bridgehead atoms. The van der Waals surface area contributed by atoms with Crippen LogP contribution in [0, 0.1) is 5.92 Å². The second kappa shape index (κ2) is 7.82. The monoisotopic (exact) mass is 407 g/mol. The Balaban J connectivity index is 1.69. The van der Waals surface area contributed by atoms with Gasteiger partial charge in [0.2, 0.25) is 0 Å². The van der Waals surface area contributed by atoms with Crippen molar-refractivity contribution < 1.29 is 9.53 Å². The van der Waals surface area contributed by atoms with Crippen molar-refractivity contribution in [1.82, 2.24) is 29.3 Å². The number of carbonyl (C=O) groups excluding carboxylic acids is 1. The van der Waals surface area contributed by atoms with Crippen molar-refractivity contribution in [3.63, 3.8) is 0 Å². The first-order chi connectivity index (χ1) is 14.4. The molecule has 0 atom stereocenters. The zero-order chi connectivity index (χ0) is 21.3. The van der Waals surface area contributed by atoms with Gasteiger partial charge < -0.3 is 15.5 Å². The number of H-pyrrole nitrogens is 1. The fourth-order valence-corrected chi connectivity index (χ4v) is 2.98. The van der Waals surface area contributed by atoms with Gasteiger partial charge >= 0.3 is 11.7 Å². The molecule has 0 aliphatic carbocycles. The number of aromatic nitrogens is 6. The van der Waals surface area contributed by atoms with E-state index in [1.165, 1.54) is 9.25 Å². The average molecular weight is 407 g/mol. The third-order valence-corrected chi connectivity index (χ3v) is 4.40. The van der Waals surface area contributed by atoms with Crippen molar-refractivity contribution >= 4 is 23.0 Å². The number of aromatic amines is 1. The summed E-state index contributed by atoms with van der Waals surface area (Å²) in [5, 5.41) is 4.10. The number of nitrogen functional groups attached to an aromatic ring is 1. The number of hydrogen-bond acceptors (Lipinski definition) is 7. The Labute approximate surface area is 171 Å². The molecule has 0 aliphatic rings. The maximum atomic E-state index is 12.6. The lowest BCUT2D eigenvalue weighted by Crippen LogP contribution is -2.18. The summed E-state index contributed by atoms with van der Waals surface area (Å²) in [5.41, 5.74) is 7.52. The smallest absolute Gasteiger partial charge is 0.338 e. The van der Waals surface area contributed by atoms with Gasteiger partial charge in [-0.15, -0.1) is 0 Å². The standard InChI is InChI=1S/C20H21N7O3/c1-12(2)11-30-18(28)14-6-3-5-13(9-14)10-26-17-15(23-20(26)29)16(21)24-19(25-17)27-8-4-7-22-27/h3-9,12H,10-11H2,1-2H3,(H,23,29)(H2,21,24,25). The zero-order valence-corrected chi connectivity index (χ0v) is 16.6. The Hall–Kier alpha value is -3.95. The van der Waals surface area contributed by atoms with Crippen LogP contribution in [0.25, 0.3) is 17.1 Å². The van der Waals surface area contributed by atoms with E-state index in [1.54, 1.807) is 36.7 Å². The van der Waals surface area contributed by atoms with Crippen molar-refractivity contribution in [3.8, 4) is 5.95 Å². The molecule has 0 radical (unpaired) electrons.